The lowest BCUT2D eigenvalue weighted by molar-refractivity contribution is 0.0698. The number of carbonyl (C=O) groups is 1. The molecule has 2 aromatic carbocycles. The molecule has 110 valence electrons. The van der Waals surface area contributed by atoms with Crippen molar-refractivity contribution in [3.8, 4) is 0 Å². The Morgan fingerprint density at radius 2 is 1.57 bits per heavy atom. The Hall–Kier alpha value is -2.34. The summed E-state index contributed by atoms with van der Waals surface area (Å²) in [5, 5.41) is 9.14. The molecule has 0 aliphatic carbocycles. The van der Waals surface area contributed by atoms with Crippen LogP contribution in [0.1, 0.15) is 10.4 Å². The van der Waals surface area contributed by atoms with Crippen molar-refractivity contribution < 1.29 is 24.3 Å². The molecule has 0 aliphatic rings. The van der Waals surface area contributed by atoms with Gasteiger partial charge in [-0.05, 0) is 24.3 Å². The van der Waals surface area contributed by atoms with Gasteiger partial charge in [-0.25, -0.2) is 9.36 Å². The van der Waals surface area contributed by atoms with Crippen molar-refractivity contribution in [2.75, 3.05) is 10.2 Å². The first-order chi connectivity index (χ1) is 9.89. The number of hydrazine groups is 1. The highest BCUT2D eigenvalue weighted by Gasteiger charge is 2.29. The topological polar surface area (TPSA) is 110 Å². The van der Waals surface area contributed by atoms with Crippen molar-refractivity contribution in [2.24, 2.45) is 0 Å². The number of nitrogens with zero attached hydrogens (tertiary/aromatic N) is 1. The predicted octanol–water partition coefficient (Wildman–Crippen LogP) is 2.31. The molecule has 0 aliphatic heterocycles. The summed E-state index contributed by atoms with van der Waals surface area (Å²) in [5.74, 6) is -1.28. The van der Waals surface area contributed by atoms with Crippen molar-refractivity contribution in [2.45, 2.75) is 0 Å². The van der Waals surface area contributed by atoms with E-state index in [4.69, 9.17) is 5.11 Å². The Labute approximate surface area is 120 Å². The lowest BCUT2D eigenvalue weighted by Gasteiger charge is -2.27. The first kappa shape index (κ1) is 15.1. The number of carboxylic acids is 1. The van der Waals surface area contributed by atoms with E-state index in [0.29, 0.717) is 10.5 Å². The van der Waals surface area contributed by atoms with E-state index >= 15 is 0 Å². The molecular weight excluding hydrogens is 295 g/mol. The zero-order chi connectivity index (χ0) is 15.5. The highest BCUT2D eigenvalue weighted by molar-refractivity contribution is 7.53. The van der Waals surface area contributed by atoms with E-state index < -0.39 is 13.7 Å². The molecule has 21 heavy (non-hydrogen) atoms. The number of rotatable bonds is 5. The van der Waals surface area contributed by atoms with Gasteiger partial charge in [0.1, 0.15) is 0 Å². The number of hydrogen-bond acceptors (Lipinski definition) is 3. The van der Waals surface area contributed by atoms with Crippen LogP contribution >= 0.6 is 7.75 Å². The lowest BCUT2D eigenvalue weighted by atomic mass is 10.2. The molecule has 0 amide bonds. The van der Waals surface area contributed by atoms with Crippen LogP contribution in [0.4, 0.5) is 11.4 Å². The third-order valence-corrected chi connectivity index (χ3v) is 3.47. The third-order valence-electron chi connectivity index (χ3n) is 2.63. The molecule has 0 unspecified atom stereocenters. The summed E-state index contributed by atoms with van der Waals surface area (Å²) < 4.78 is 12.2. The number of anilines is 2. The first-order valence-corrected chi connectivity index (χ1v) is 7.46. The lowest BCUT2D eigenvalue weighted by Crippen LogP contribution is -2.28. The van der Waals surface area contributed by atoms with Crippen LogP contribution in [0.5, 0.6) is 0 Å². The van der Waals surface area contributed by atoms with Crippen LogP contribution in [0, 0.1) is 0 Å². The largest absolute Gasteiger partial charge is 0.478 e. The van der Waals surface area contributed by atoms with E-state index in [1.807, 2.05) is 0 Å². The van der Waals surface area contributed by atoms with Crippen molar-refractivity contribution in [1.29, 1.82) is 0 Å². The Kier molecular flexibility index (Phi) is 4.28. The maximum Gasteiger partial charge on any atom is 0.448 e. The summed E-state index contributed by atoms with van der Waals surface area (Å²) in [6.07, 6.45) is 0. The fourth-order valence-electron chi connectivity index (χ4n) is 1.74. The second kappa shape index (κ2) is 5.97. The number of carboxylic acid groups (broad SMARTS) is 1. The van der Waals surface area contributed by atoms with Crippen LogP contribution in [-0.2, 0) is 4.57 Å². The minimum Gasteiger partial charge on any atom is -0.478 e. The maximum absolute atomic E-state index is 11.7. The number of para-hydroxylation sites is 2. The molecule has 2 aromatic rings. The van der Waals surface area contributed by atoms with Crippen LogP contribution in [0.3, 0.4) is 0 Å². The first-order valence-electron chi connectivity index (χ1n) is 5.90. The van der Waals surface area contributed by atoms with Gasteiger partial charge >= 0.3 is 13.7 Å². The summed E-state index contributed by atoms with van der Waals surface area (Å²) in [5.41, 5.74) is 2.61. The van der Waals surface area contributed by atoms with E-state index in [2.05, 4.69) is 5.43 Å². The molecule has 7 nitrogen and oxygen atoms in total. The minimum atomic E-state index is -4.77. The molecule has 0 saturated heterocycles. The van der Waals surface area contributed by atoms with Gasteiger partial charge in [-0.2, -0.15) is 4.78 Å². The molecule has 4 N–H and O–H groups in total. The van der Waals surface area contributed by atoms with Crippen molar-refractivity contribution in [1.82, 2.24) is 0 Å². The molecule has 0 atom stereocenters. The molecule has 8 heteroatoms. The van der Waals surface area contributed by atoms with Gasteiger partial charge in [-0.15, -0.1) is 0 Å². The van der Waals surface area contributed by atoms with Crippen LogP contribution < -0.4 is 10.2 Å². The molecule has 0 aromatic heterocycles. The number of hydrogen-bond donors (Lipinski definition) is 4. The van der Waals surface area contributed by atoms with E-state index in [1.165, 1.54) is 24.3 Å². The molecular formula is C13H13N2O5P. The summed E-state index contributed by atoms with van der Waals surface area (Å²) in [6, 6.07) is 13.9. The van der Waals surface area contributed by atoms with Crippen LogP contribution in [0.25, 0.3) is 0 Å². The highest BCUT2D eigenvalue weighted by atomic mass is 31.2. The summed E-state index contributed by atoms with van der Waals surface area (Å²) in [6.45, 7) is 0. The Balaban J connectivity index is 2.47. The van der Waals surface area contributed by atoms with Crippen molar-refractivity contribution in [3.63, 3.8) is 0 Å². The second-order valence-electron chi connectivity index (χ2n) is 4.13. The number of aromatic carboxylic acids is 1. The Morgan fingerprint density at radius 3 is 2.14 bits per heavy atom. The standard InChI is InChI=1S/C13H13N2O5P/c16-13(17)11-8-4-5-9-12(11)15(21(18,19)20)14-10-6-2-1-3-7-10/h1-9,14H,(H,16,17)(H2,18,19,20). The quantitative estimate of drug-likeness (QED) is 0.495. The van der Waals surface area contributed by atoms with Gasteiger partial charge in [0.25, 0.3) is 0 Å². The van der Waals surface area contributed by atoms with E-state index in [9.17, 15) is 19.1 Å². The highest BCUT2D eigenvalue weighted by Crippen LogP contribution is 2.44. The monoisotopic (exact) mass is 308 g/mol. The Bertz CT molecular complexity index is 686. The molecule has 0 spiro atoms. The smallest absolute Gasteiger partial charge is 0.448 e. The average molecular weight is 308 g/mol. The Morgan fingerprint density at radius 1 is 1.00 bits per heavy atom. The van der Waals surface area contributed by atoms with Crippen LogP contribution in [0.2, 0.25) is 0 Å². The van der Waals surface area contributed by atoms with Gasteiger partial charge in [-0.1, -0.05) is 30.3 Å². The van der Waals surface area contributed by atoms with Gasteiger partial charge in [0, 0.05) is 0 Å². The third kappa shape index (κ3) is 3.61. The van der Waals surface area contributed by atoms with Gasteiger partial charge in [0.05, 0.1) is 16.9 Å². The predicted molar refractivity (Wildman–Crippen MR) is 78.0 cm³/mol. The van der Waals surface area contributed by atoms with Gasteiger partial charge in [0.15, 0.2) is 0 Å². The molecule has 0 fully saturated rings. The molecule has 0 saturated carbocycles. The van der Waals surface area contributed by atoms with Crippen molar-refractivity contribution >= 4 is 25.1 Å². The van der Waals surface area contributed by atoms with Crippen molar-refractivity contribution in [3.05, 3.63) is 60.2 Å². The summed E-state index contributed by atoms with van der Waals surface area (Å²) in [7, 11) is -4.77. The van der Waals surface area contributed by atoms with Crippen LogP contribution in [0.15, 0.2) is 54.6 Å². The number of benzene rings is 2. The van der Waals surface area contributed by atoms with Gasteiger partial charge in [-0.3, -0.25) is 5.43 Å². The zero-order valence-corrected chi connectivity index (χ0v) is 11.6. The maximum atomic E-state index is 11.7. The average Bonchev–Trinajstić information content (AvgIpc) is 2.44. The number of nitrogens with one attached hydrogen (secondary N) is 1. The molecule has 0 bridgehead atoms. The fraction of sp³-hybridized carbons (Fsp3) is 0. The fourth-order valence-corrected chi connectivity index (χ4v) is 2.44. The van der Waals surface area contributed by atoms with E-state index in [-0.39, 0.29) is 11.3 Å². The molecule has 2 rings (SSSR count). The molecule has 0 radical (unpaired) electrons. The minimum absolute atomic E-state index is 0.123. The molecule has 0 heterocycles. The van der Waals surface area contributed by atoms with Gasteiger partial charge in [0.2, 0.25) is 0 Å². The van der Waals surface area contributed by atoms with E-state index in [0.717, 1.165) is 0 Å². The normalized spacial score (nSPS) is 11.0. The summed E-state index contributed by atoms with van der Waals surface area (Å²) >= 11 is 0. The zero-order valence-electron chi connectivity index (χ0n) is 10.7. The second-order valence-corrected chi connectivity index (χ2v) is 5.55. The van der Waals surface area contributed by atoms with Gasteiger partial charge < -0.3 is 14.9 Å². The van der Waals surface area contributed by atoms with Crippen LogP contribution in [-0.4, -0.2) is 20.9 Å². The summed E-state index contributed by atoms with van der Waals surface area (Å²) in [4.78, 5) is 30.2. The van der Waals surface area contributed by atoms with E-state index in [1.54, 1.807) is 30.3 Å². The SMILES string of the molecule is O=C(O)c1ccccc1N(Nc1ccccc1)P(=O)(O)O.